The van der Waals surface area contributed by atoms with Crippen molar-refractivity contribution in [1.29, 1.82) is 5.26 Å². The summed E-state index contributed by atoms with van der Waals surface area (Å²) < 4.78 is 14.1. The molecule has 0 aliphatic rings. The summed E-state index contributed by atoms with van der Waals surface area (Å²) in [4.78, 5) is 0. The van der Waals surface area contributed by atoms with E-state index in [4.69, 9.17) is 5.26 Å². The second-order valence-electron chi connectivity index (χ2n) is 3.79. The molecule has 0 bridgehead atoms. The molecule has 2 aromatic rings. The Kier molecular flexibility index (Phi) is 3.96. The molecule has 0 fully saturated rings. The van der Waals surface area contributed by atoms with Gasteiger partial charge in [0.25, 0.3) is 0 Å². The molecule has 0 radical (unpaired) electrons. The molecular weight excluding hydrogens is 295 g/mol. The molecule has 0 amide bonds. The minimum atomic E-state index is -0.495. The first-order valence-corrected chi connectivity index (χ1v) is 6.16. The normalized spacial score (nSPS) is 9.83. The van der Waals surface area contributed by atoms with Crippen LogP contribution >= 0.6 is 15.9 Å². The van der Waals surface area contributed by atoms with Gasteiger partial charge in [-0.05, 0) is 35.9 Å². The lowest BCUT2D eigenvalue weighted by Crippen LogP contribution is -2.00. The topological polar surface area (TPSA) is 35.8 Å². The van der Waals surface area contributed by atoms with Gasteiger partial charge in [0, 0.05) is 16.7 Å². The van der Waals surface area contributed by atoms with Crippen LogP contribution in [0.2, 0.25) is 0 Å². The van der Waals surface area contributed by atoms with E-state index in [9.17, 15) is 4.39 Å². The molecule has 0 spiro atoms. The number of hydrogen-bond acceptors (Lipinski definition) is 2. The van der Waals surface area contributed by atoms with E-state index in [2.05, 4.69) is 21.2 Å². The van der Waals surface area contributed by atoms with Crippen LogP contribution in [0.4, 0.5) is 10.1 Å². The van der Waals surface area contributed by atoms with Crippen LogP contribution in [0.3, 0.4) is 0 Å². The summed E-state index contributed by atoms with van der Waals surface area (Å²) in [7, 11) is 0. The van der Waals surface area contributed by atoms with Gasteiger partial charge in [0.2, 0.25) is 0 Å². The van der Waals surface area contributed by atoms with E-state index in [0.29, 0.717) is 6.54 Å². The molecule has 0 aliphatic carbocycles. The number of nitriles is 1. The zero-order valence-electron chi connectivity index (χ0n) is 9.45. The van der Waals surface area contributed by atoms with Gasteiger partial charge in [0.15, 0.2) is 0 Å². The molecule has 0 aromatic heterocycles. The summed E-state index contributed by atoms with van der Waals surface area (Å²) >= 11 is 3.40. The Morgan fingerprint density at radius 1 is 1.22 bits per heavy atom. The summed E-state index contributed by atoms with van der Waals surface area (Å²) in [5.74, 6) is -0.495. The molecule has 0 heterocycles. The first kappa shape index (κ1) is 12.6. The molecule has 0 atom stereocenters. The molecule has 4 heteroatoms. The van der Waals surface area contributed by atoms with Crippen LogP contribution in [0.25, 0.3) is 0 Å². The highest BCUT2D eigenvalue weighted by molar-refractivity contribution is 9.10. The third-order valence-electron chi connectivity index (χ3n) is 2.47. The van der Waals surface area contributed by atoms with Crippen molar-refractivity contribution in [2.75, 3.05) is 5.32 Å². The second kappa shape index (κ2) is 5.65. The molecule has 2 nitrogen and oxygen atoms in total. The van der Waals surface area contributed by atoms with Crippen molar-refractivity contribution in [2.24, 2.45) is 0 Å². The SMILES string of the molecule is N#Cc1cc(NCc2cccc(Br)c2)ccc1F. The Morgan fingerprint density at radius 2 is 2.06 bits per heavy atom. The zero-order chi connectivity index (χ0) is 13.0. The molecule has 0 saturated carbocycles. The predicted octanol–water partition coefficient (Wildman–Crippen LogP) is 4.07. The van der Waals surface area contributed by atoms with Crippen molar-refractivity contribution in [3.05, 3.63) is 63.9 Å². The fourth-order valence-electron chi connectivity index (χ4n) is 1.57. The minimum Gasteiger partial charge on any atom is -0.381 e. The number of nitrogens with zero attached hydrogens (tertiary/aromatic N) is 1. The van der Waals surface area contributed by atoms with Crippen LogP contribution in [0.5, 0.6) is 0 Å². The average Bonchev–Trinajstić information content (AvgIpc) is 2.38. The lowest BCUT2D eigenvalue weighted by Gasteiger charge is -2.07. The number of anilines is 1. The van der Waals surface area contributed by atoms with Gasteiger partial charge in [0.1, 0.15) is 11.9 Å². The van der Waals surface area contributed by atoms with Crippen molar-refractivity contribution >= 4 is 21.6 Å². The summed E-state index contributed by atoms with van der Waals surface area (Å²) in [6.45, 7) is 0.621. The van der Waals surface area contributed by atoms with Crippen LogP contribution < -0.4 is 5.32 Å². The smallest absolute Gasteiger partial charge is 0.141 e. The van der Waals surface area contributed by atoms with Gasteiger partial charge in [-0.25, -0.2) is 4.39 Å². The number of benzene rings is 2. The highest BCUT2D eigenvalue weighted by Gasteiger charge is 2.02. The first-order valence-electron chi connectivity index (χ1n) is 5.37. The van der Waals surface area contributed by atoms with E-state index in [1.54, 1.807) is 6.07 Å². The largest absolute Gasteiger partial charge is 0.381 e. The van der Waals surface area contributed by atoms with Gasteiger partial charge in [0.05, 0.1) is 5.56 Å². The van der Waals surface area contributed by atoms with Crippen LogP contribution in [0.15, 0.2) is 46.9 Å². The maximum absolute atomic E-state index is 13.1. The lowest BCUT2D eigenvalue weighted by molar-refractivity contribution is 0.624. The van der Waals surface area contributed by atoms with E-state index >= 15 is 0 Å². The monoisotopic (exact) mass is 304 g/mol. The molecule has 90 valence electrons. The Bertz CT molecular complexity index is 605. The number of rotatable bonds is 3. The van der Waals surface area contributed by atoms with Crippen molar-refractivity contribution in [3.63, 3.8) is 0 Å². The van der Waals surface area contributed by atoms with E-state index < -0.39 is 5.82 Å². The maximum atomic E-state index is 13.1. The van der Waals surface area contributed by atoms with Crippen molar-refractivity contribution in [1.82, 2.24) is 0 Å². The predicted molar refractivity (Wildman–Crippen MR) is 72.6 cm³/mol. The minimum absolute atomic E-state index is 0.0502. The van der Waals surface area contributed by atoms with Gasteiger partial charge in [-0.3, -0.25) is 0 Å². The third-order valence-corrected chi connectivity index (χ3v) is 2.97. The number of nitrogens with one attached hydrogen (secondary N) is 1. The fraction of sp³-hybridized carbons (Fsp3) is 0.0714. The summed E-state index contributed by atoms with van der Waals surface area (Å²) in [6, 6.07) is 14.1. The highest BCUT2D eigenvalue weighted by Crippen LogP contribution is 2.16. The van der Waals surface area contributed by atoms with E-state index in [-0.39, 0.29) is 5.56 Å². The Hall–Kier alpha value is -1.86. The molecule has 0 saturated heterocycles. The van der Waals surface area contributed by atoms with E-state index in [1.807, 2.05) is 30.3 Å². The van der Waals surface area contributed by atoms with Crippen molar-refractivity contribution in [2.45, 2.75) is 6.54 Å². The third kappa shape index (κ3) is 3.08. The van der Waals surface area contributed by atoms with E-state index in [0.717, 1.165) is 15.7 Å². The van der Waals surface area contributed by atoms with Gasteiger partial charge in [-0.2, -0.15) is 5.26 Å². The van der Waals surface area contributed by atoms with Crippen LogP contribution in [-0.4, -0.2) is 0 Å². The van der Waals surface area contributed by atoms with Gasteiger partial charge in [-0.1, -0.05) is 28.1 Å². The summed E-state index contributed by atoms with van der Waals surface area (Å²) in [5.41, 5.74) is 1.88. The molecule has 1 N–H and O–H groups in total. The molecule has 2 rings (SSSR count). The Labute approximate surface area is 113 Å². The molecular formula is C14H10BrFN2. The highest BCUT2D eigenvalue weighted by atomic mass is 79.9. The molecule has 18 heavy (non-hydrogen) atoms. The zero-order valence-corrected chi connectivity index (χ0v) is 11.0. The first-order chi connectivity index (χ1) is 8.69. The van der Waals surface area contributed by atoms with Crippen LogP contribution in [0, 0.1) is 17.1 Å². The van der Waals surface area contributed by atoms with Gasteiger partial charge in [-0.15, -0.1) is 0 Å². The second-order valence-corrected chi connectivity index (χ2v) is 4.71. The van der Waals surface area contributed by atoms with Gasteiger partial charge < -0.3 is 5.32 Å². The quantitative estimate of drug-likeness (QED) is 0.927. The number of hydrogen-bond donors (Lipinski definition) is 1. The average molecular weight is 305 g/mol. The van der Waals surface area contributed by atoms with E-state index in [1.165, 1.54) is 12.1 Å². The fourth-order valence-corrected chi connectivity index (χ4v) is 2.02. The summed E-state index contributed by atoms with van der Waals surface area (Å²) in [6.07, 6.45) is 0. The maximum Gasteiger partial charge on any atom is 0.141 e. The standard InChI is InChI=1S/C14H10BrFN2/c15-12-3-1-2-10(6-12)9-18-13-4-5-14(16)11(7-13)8-17/h1-7,18H,9H2. The van der Waals surface area contributed by atoms with Crippen molar-refractivity contribution in [3.8, 4) is 6.07 Å². The van der Waals surface area contributed by atoms with Crippen molar-refractivity contribution < 1.29 is 4.39 Å². The number of halogens is 2. The molecule has 0 unspecified atom stereocenters. The summed E-state index contributed by atoms with van der Waals surface area (Å²) in [5, 5.41) is 11.9. The Morgan fingerprint density at radius 3 is 2.78 bits per heavy atom. The van der Waals surface area contributed by atoms with Gasteiger partial charge >= 0.3 is 0 Å². The van der Waals surface area contributed by atoms with Crippen LogP contribution in [0.1, 0.15) is 11.1 Å². The lowest BCUT2D eigenvalue weighted by atomic mass is 10.2. The van der Waals surface area contributed by atoms with Crippen LogP contribution in [-0.2, 0) is 6.54 Å². The molecule has 0 aliphatic heterocycles. The molecule has 2 aromatic carbocycles. The Balaban J connectivity index is 2.09.